The van der Waals surface area contributed by atoms with Gasteiger partial charge in [0.1, 0.15) is 5.82 Å². The predicted octanol–water partition coefficient (Wildman–Crippen LogP) is 3.52. The van der Waals surface area contributed by atoms with Crippen molar-refractivity contribution in [2.24, 2.45) is 5.73 Å². The first kappa shape index (κ1) is 12.3. The maximum absolute atomic E-state index is 13.3. The second-order valence-corrected chi connectivity index (χ2v) is 3.52. The van der Waals surface area contributed by atoms with Crippen LogP contribution in [0, 0.1) is 5.82 Å². The Morgan fingerprint density at radius 1 is 1.33 bits per heavy atom. The summed E-state index contributed by atoms with van der Waals surface area (Å²) in [4.78, 5) is 0. The summed E-state index contributed by atoms with van der Waals surface area (Å²) in [5, 5.41) is -0.365. The van der Waals surface area contributed by atoms with E-state index >= 15 is 0 Å². The minimum atomic E-state index is -4.63. The molecule has 1 nitrogen and oxygen atoms in total. The fraction of sp³-hybridized carbons (Fsp3) is 0.333. The Bertz CT molecular complexity index is 373. The van der Waals surface area contributed by atoms with E-state index in [0.717, 1.165) is 12.1 Å². The molecule has 0 saturated heterocycles. The van der Waals surface area contributed by atoms with Crippen LogP contribution in [0.15, 0.2) is 12.1 Å². The van der Waals surface area contributed by atoms with Gasteiger partial charge in [-0.05, 0) is 19.1 Å². The molecule has 0 aliphatic heterocycles. The molecule has 84 valence electrons. The second-order valence-electron chi connectivity index (χ2n) is 3.11. The van der Waals surface area contributed by atoms with Crippen molar-refractivity contribution in [2.45, 2.75) is 19.1 Å². The molecule has 2 N–H and O–H groups in total. The van der Waals surface area contributed by atoms with Crippen LogP contribution in [0.5, 0.6) is 0 Å². The molecule has 0 aromatic heterocycles. The number of alkyl halides is 3. The van der Waals surface area contributed by atoms with Crippen molar-refractivity contribution in [3.63, 3.8) is 0 Å². The van der Waals surface area contributed by atoms with E-state index < -0.39 is 29.2 Å². The van der Waals surface area contributed by atoms with Crippen molar-refractivity contribution in [1.82, 2.24) is 0 Å². The van der Waals surface area contributed by atoms with Crippen LogP contribution in [-0.4, -0.2) is 0 Å². The van der Waals surface area contributed by atoms with Crippen molar-refractivity contribution in [1.29, 1.82) is 0 Å². The Hall–Kier alpha value is -0.810. The number of rotatable bonds is 1. The molecule has 0 aliphatic carbocycles. The summed E-state index contributed by atoms with van der Waals surface area (Å²) >= 11 is 5.38. The largest absolute Gasteiger partial charge is 0.416 e. The molecule has 1 aromatic rings. The van der Waals surface area contributed by atoms with Crippen LogP contribution in [0.1, 0.15) is 24.1 Å². The highest BCUT2D eigenvalue weighted by Crippen LogP contribution is 2.37. The van der Waals surface area contributed by atoms with Crippen LogP contribution in [0.4, 0.5) is 17.6 Å². The molecular weight excluding hydrogens is 234 g/mol. The van der Waals surface area contributed by atoms with E-state index in [1.54, 1.807) is 0 Å². The van der Waals surface area contributed by atoms with E-state index in [2.05, 4.69) is 0 Å². The van der Waals surface area contributed by atoms with Gasteiger partial charge in [-0.3, -0.25) is 0 Å². The van der Waals surface area contributed by atoms with Gasteiger partial charge in [-0.15, -0.1) is 0 Å². The molecule has 1 atom stereocenters. The highest BCUT2D eigenvalue weighted by molar-refractivity contribution is 6.30. The molecule has 0 spiro atoms. The molecule has 1 aromatic carbocycles. The average molecular weight is 242 g/mol. The van der Waals surface area contributed by atoms with Crippen LogP contribution < -0.4 is 5.73 Å². The lowest BCUT2D eigenvalue weighted by Crippen LogP contribution is -2.17. The van der Waals surface area contributed by atoms with Crippen LogP contribution in [0.3, 0.4) is 0 Å². The molecule has 0 heterocycles. The van der Waals surface area contributed by atoms with Gasteiger partial charge in [-0.25, -0.2) is 4.39 Å². The normalized spacial score (nSPS) is 14.1. The summed E-state index contributed by atoms with van der Waals surface area (Å²) in [6.07, 6.45) is -4.63. The van der Waals surface area contributed by atoms with Crippen LogP contribution >= 0.6 is 11.6 Å². The van der Waals surface area contributed by atoms with Gasteiger partial charge < -0.3 is 5.73 Å². The minimum Gasteiger partial charge on any atom is -0.324 e. The van der Waals surface area contributed by atoms with Crippen molar-refractivity contribution in [3.05, 3.63) is 34.1 Å². The van der Waals surface area contributed by atoms with E-state index in [9.17, 15) is 17.6 Å². The molecule has 0 saturated carbocycles. The molecule has 0 aliphatic rings. The number of benzene rings is 1. The Morgan fingerprint density at radius 3 is 2.27 bits per heavy atom. The third kappa shape index (κ3) is 2.41. The number of nitrogens with two attached hydrogens (primary N) is 1. The molecule has 0 unspecified atom stereocenters. The number of halogens is 5. The Labute approximate surface area is 88.8 Å². The number of hydrogen-bond donors (Lipinski definition) is 1. The third-order valence-electron chi connectivity index (χ3n) is 1.89. The highest BCUT2D eigenvalue weighted by Gasteiger charge is 2.36. The maximum atomic E-state index is 13.3. The molecule has 15 heavy (non-hydrogen) atoms. The van der Waals surface area contributed by atoms with Gasteiger partial charge in [0.05, 0.1) is 10.6 Å². The molecule has 1 rings (SSSR count). The van der Waals surface area contributed by atoms with E-state index in [-0.39, 0.29) is 5.02 Å². The van der Waals surface area contributed by atoms with Crippen molar-refractivity contribution in [2.75, 3.05) is 0 Å². The van der Waals surface area contributed by atoms with Crippen molar-refractivity contribution >= 4 is 11.6 Å². The van der Waals surface area contributed by atoms with E-state index in [1.807, 2.05) is 0 Å². The lowest BCUT2D eigenvalue weighted by atomic mass is 10.0. The highest BCUT2D eigenvalue weighted by atomic mass is 35.5. The van der Waals surface area contributed by atoms with Gasteiger partial charge in [0.2, 0.25) is 0 Å². The van der Waals surface area contributed by atoms with Gasteiger partial charge in [0.15, 0.2) is 0 Å². The first-order valence-electron chi connectivity index (χ1n) is 4.05. The van der Waals surface area contributed by atoms with Crippen LogP contribution in [0.25, 0.3) is 0 Å². The monoisotopic (exact) mass is 241 g/mol. The van der Waals surface area contributed by atoms with Gasteiger partial charge >= 0.3 is 6.18 Å². The zero-order valence-electron chi connectivity index (χ0n) is 7.70. The Morgan fingerprint density at radius 2 is 1.87 bits per heavy atom. The van der Waals surface area contributed by atoms with Gasteiger partial charge in [-0.2, -0.15) is 13.2 Å². The summed E-state index contributed by atoms with van der Waals surface area (Å²) in [6, 6.07) is 0.524. The summed E-state index contributed by atoms with van der Waals surface area (Å²) in [5.41, 5.74) is 3.60. The second kappa shape index (κ2) is 3.98. The quantitative estimate of drug-likeness (QED) is 0.748. The lowest BCUT2D eigenvalue weighted by Gasteiger charge is -2.16. The van der Waals surface area contributed by atoms with Gasteiger partial charge in [-0.1, -0.05) is 11.6 Å². The van der Waals surface area contributed by atoms with Crippen molar-refractivity contribution in [3.8, 4) is 0 Å². The fourth-order valence-electron chi connectivity index (χ4n) is 1.26. The van der Waals surface area contributed by atoms with E-state index in [0.29, 0.717) is 0 Å². The van der Waals surface area contributed by atoms with Crippen LogP contribution in [0.2, 0.25) is 5.02 Å². The summed E-state index contributed by atoms with van der Waals surface area (Å²) in [7, 11) is 0. The molecule has 0 fully saturated rings. The standard InChI is InChI=1S/C9H8ClF4N/c1-4(15)7-5(9(12,13)14)2-3-6(10)8(7)11/h2-4H,15H2,1H3/t4-/m1/s1. The molecule has 0 radical (unpaired) electrons. The predicted molar refractivity (Wildman–Crippen MR) is 49.0 cm³/mol. The minimum absolute atomic E-state index is 0.365. The SMILES string of the molecule is C[C@@H](N)c1c(C(F)(F)F)ccc(Cl)c1F. The number of hydrogen-bond acceptors (Lipinski definition) is 1. The first-order chi connectivity index (χ1) is 6.75. The van der Waals surface area contributed by atoms with E-state index in [1.165, 1.54) is 6.92 Å². The summed E-state index contributed by atoms with van der Waals surface area (Å²) in [6.45, 7) is 1.27. The molecular formula is C9H8ClF4N. The zero-order valence-corrected chi connectivity index (χ0v) is 8.46. The molecule has 0 amide bonds. The van der Waals surface area contributed by atoms with E-state index in [4.69, 9.17) is 17.3 Å². The summed E-state index contributed by atoms with van der Waals surface area (Å²) in [5.74, 6) is -1.11. The van der Waals surface area contributed by atoms with Crippen molar-refractivity contribution < 1.29 is 17.6 Å². The van der Waals surface area contributed by atoms with Gasteiger partial charge in [0, 0.05) is 11.6 Å². The fourth-order valence-corrected chi connectivity index (χ4v) is 1.42. The van der Waals surface area contributed by atoms with Crippen LogP contribution in [-0.2, 0) is 6.18 Å². The third-order valence-corrected chi connectivity index (χ3v) is 2.19. The smallest absolute Gasteiger partial charge is 0.324 e. The first-order valence-corrected chi connectivity index (χ1v) is 4.43. The molecule has 0 bridgehead atoms. The topological polar surface area (TPSA) is 26.0 Å². The molecule has 6 heteroatoms. The zero-order chi connectivity index (χ0) is 11.8. The maximum Gasteiger partial charge on any atom is 0.416 e. The average Bonchev–Trinajstić information content (AvgIpc) is 2.06. The Balaban J connectivity index is 3.47. The summed E-state index contributed by atoms with van der Waals surface area (Å²) < 4.78 is 50.7. The van der Waals surface area contributed by atoms with Gasteiger partial charge in [0.25, 0.3) is 0 Å². The lowest BCUT2D eigenvalue weighted by molar-refractivity contribution is -0.138. The Kier molecular flexibility index (Phi) is 3.25.